The molecule has 2 N–H and O–H groups in total. The predicted molar refractivity (Wildman–Crippen MR) is 61.6 cm³/mol. The van der Waals surface area contributed by atoms with Gasteiger partial charge in [-0.25, -0.2) is 0 Å². The number of nitrogens with one attached hydrogen (secondary N) is 1. The molecule has 0 saturated heterocycles. The van der Waals surface area contributed by atoms with Crippen molar-refractivity contribution in [1.82, 2.24) is 5.32 Å². The number of halogens is 3. The normalized spacial score (nSPS) is 13.1. The first kappa shape index (κ1) is 15.5. The minimum Gasteiger partial charge on any atom is -0.382 e. The van der Waals surface area contributed by atoms with E-state index in [0.717, 1.165) is 0 Å². The van der Waals surface area contributed by atoms with Gasteiger partial charge in [0.25, 0.3) is 5.91 Å². The summed E-state index contributed by atoms with van der Waals surface area (Å²) in [6, 6.07) is 6.40. The first-order valence-electron chi connectivity index (χ1n) is 5.46. The molecule has 1 rings (SSSR count). The Morgan fingerprint density at radius 2 is 2.05 bits per heavy atom. The Hall–Kier alpha value is -1.60. The van der Waals surface area contributed by atoms with Gasteiger partial charge < -0.3 is 15.2 Å². The van der Waals surface area contributed by atoms with E-state index in [-0.39, 0.29) is 12.2 Å². The summed E-state index contributed by atoms with van der Waals surface area (Å²) in [6.45, 7) is -0.713. The lowest BCUT2D eigenvalue weighted by Crippen LogP contribution is -2.40. The number of hydrogen-bond acceptors (Lipinski definition) is 3. The van der Waals surface area contributed by atoms with Gasteiger partial charge in [0.05, 0.1) is 13.2 Å². The molecule has 1 aromatic rings. The van der Waals surface area contributed by atoms with Crippen molar-refractivity contribution in [2.45, 2.75) is 18.9 Å². The van der Waals surface area contributed by atoms with Crippen LogP contribution in [0.4, 0.5) is 13.2 Å². The molecule has 0 heterocycles. The largest absolute Gasteiger partial charge is 0.416 e. The molecule has 0 radical (unpaired) electrons. The van der Waals surface area contributed by atoms with Gasteiger partial charge >= 0.3 is 6.18 Å². The van der Waals surface area contributed by atoms with Crippen LogP contribution in [0.2, 0.25) is 0 Å². The number of rotatable bonds is 5. The van der Waals surface area contributed by atoms with Gasteiger partial charge in [0, 0.05) is 12.7 Å². The average Bonchev–Trinajstić information content (AvgIpc) is 2.35. The lowest BCUT2D eigenvalue weighted by molar-refractivity contribution is -0.201. The van der Waals surface area contributed by atoms with Gasteiger partial charge in [0.15, 0.2) is 6.10 Å². The fourth-order valence-electron chi connectivity index (χ4n) is 1.42. The van der Waals surface area contributed by atoms with Crippen molar-refractivity contribution in [3.8, 4) is 0 Å². The molecule has 1 aromatic carbocycles. The lowest BCUT2D eigenvalue weighted by atomic mass is 10.1. The van der Waals surface area contributed by atoms with Crippen molar-refractivity contribution in [1.29, 1.82) is 0 Å². The predicted octanol–water partition coefficient (Wildman–Crippen LogP) is 1.49. The van der Waals surface area contributed by atoms with E-state index in [2.05, 4.69) is 0 Å². The highest BCUT2D eigenvalue weighted by molar-refractivity contribution is 5.95. The highest BCUT2D eigenvalue weighted by Crippen LogP contribution is 2.19. The van der Waals surface area contributed by atoms with Gasteiger partial charge in [0.2, 0.25) is 0 Å². The van der Waals surface area contributed by atoms with Crippen LogP contribution in [0.3, 0.4) is 0 Å². The lowest BCUT2D eigenvalue weighted by Gasteiger charge is -2.15. The van der Waals surface area contributed by atoms with Crippen molar-refractivity contribution in [2.24, 2.45) is 0 Å². The summed E-state index contributed by atoms with van der Waals surface area (Å²) >= 11 is 0. The van der Waals surface area contributed by atoms with Crippen LogP contribution < -0.4 is 5.32 Å². The van der Waals surface area contributed by atoms with Crippen LogP contribution in [-0.2, 0) is 11.3 Å². The zero-order valence-corrected chi connectivity index (χ0v) is 10.2. The molecule has 1 amide bonds. The molecule has 1 atom stereocenters. The van der Waals surface area contributed by atoms with Gasteiger partial charge in [-0.1, -0.05) is 18.2 Å². The second-order valence-corrected chi connectivity index (χ2v) is 3.86. The molecular formula is C12H14F3NO3. The third-order valence-corrected chi connectivity index (χ3v) is 2.40. The highest BCUT2D eigenvalue weighted by atomic mass is 19.4. The molecule has 0 aliphatic heterocycles. The molecule has 0 aliphatic rings. The summed E-state index contributed by atoms with van der Waals surface area (Å²) in [4.78, 5) is 11.7. The van der Waals surface area contributed by atoms with Crippen LogP contribution >= 0.6 is 0 Å². The minimum absolute atomic E-state index is 0.172. The molecular weight excluding hydrogens is 263 g/mol. The summed E-state index contributed by atoms with van der Waals surface area (Å²) in [5, 5.41) is 10.8. The van der Waals surface area contributed by atoms with Gasteiger partial charge in [-0.3, -0.25) is 4.79 Å². The van der Waals surface area contributed by atoms with Crippen molar-refractivity contribution in [3.63, 3.8) is 0 Å². The molecule has 0 aromatic heterocycles. The van der Waals surface area contributed by atoms with Gasteiger partial charge in [-0.05, 0) is 11.6 Å². The molecule has 7 heteroatoms. The summed E-state index contributed by atoms with van der Waals surface area (Å²) < 4.78 is 41.1. The van der Waals surface area contributed by atoms with Crippen LogP contribution in [0.5, 0.6) is 0 Å². The monoisotopic (exact) mass is 277 g/mol. The maximum Gasteiger partial charge on any atom is 0.416 e. The standard InChI is InChI=1S/C12H14F3NO3/c1-19-7-8-4-2-3-5-9(8)11(18)16-6-10(17)12(13,14)15/h2-5,10,17H,6-7H2,1H3,(H,16,18). The van der Waals surface area contributed by atoms with E-state index in [0.29, 0.717) is 5.56 Å². The van der Waals surface area contributed by atoms with Crippen molar-refractivity contribution in [3.05, 3.63) is 35.4 Å². The Kier molecular flexibility index (Phi) is 5.31. The van der Waals surface area contributed by atoms with Crippen LogP contribution in [0.15, 0.2) is 24.3 Å². The quantitative estimate of drug-likeness (QED) is 0.857. The molecule has 0 spiro atoms. The fraction of sp³-hybridized carbons (Fsp3) is 0.417. The van der Waals surface area contributed by atoms with Gasteiger partial charge in [-0.2, -0.15) is 13.2 Å². The summed E-state index contributed by atoms with van der Waals surface area (Å²) in [5.74, 6) is -0.684. The Labute approximate surface area is 108 Å². The zero-order chi connectivity index (χ0) is 14.5. The fourth-order valence-corrected chi connectivity index (χ4v) is 1.42. The maximum atomic E-state index is 12.1. The van der Waals surface area contributed by atoms with E-state index < -0.39 is 24.7 Å². The maximum absolute atomic E-state index is 12.1. The molecule has 0 saturated carbocycles. The highest BCUT2D eigenvalue weighted by Gasteiger charge is 2.38. The number of methoxy groups -OCH3 is 1. The number of alkyl halides is 3. The Morgan fingerprint density at radius 3 is 2.63 bits per heavy atom. The topological polar surface area (TPSA) is 58.6 Å². The number of aliphatic hydroxyl groups is 1. The molecule has 19 heavy (non-hydrogen) atoms. The van der Waals surface area contributed by atoms with E-state index in [1.54, 1.807) is 18.2 Å². The number of benzene rings is 1. The summed E-state index contributed by atoms with van der Waals surface area (Å²) in [5.41, 5.74) is 0.780. The van der Waals surface area contributed by atoms with Crippen LogP contribution in [-0.4, -0.2) is 36.9 Å². The molecule has 0 bridgehead atoms. The van der Waals surface area contributed by atoms with Gasteiger partial charge in [-0.15, -0.1) is 0 Å². The molecule has 106 valence electrons. The third-order valence-electron chi connectivity index (χ3n) is 2.40. The van der Waals surface area contributed by atoms with Crippen LogP contribution in [0.25, 0.3) is 0 Å². The SMILES string of the molecule is COCc1ccccc1C(=O)NCC(O)C(F)(F)F. The number of aliphatic hydroxyl groups excluding tert-OH is 1. The second kappa shape index (κ2) is 6.53. The molecule has 0 aliphatic carbocycles. The first-order valence-corrected chi connectivity index (χ1v) is 5.46. The number of amides is 1. The first-order chi connectivity index (χ1) is 8.86. The number of carbonyl (C=O) groups is 1. The van der Waals surface area contributed by atoms with Crippen LogP contribution in [0.1, 0.15) is 15.9 Å². The minimum atomic E-state index is -4.75. The number of carbonyl (C=O) groups excluding carboxylic acids is 1. The molecule has 1 unspecified atom stereocenters. The van der Waals surface area contributed by atoms with E-state index in [4.69, 9.17) is 9.84 Å². The second-order valence-electron chi connectivity index (χ2n) is 3.86. The third kappa shape index (κ3) is 4.53. The smallest absolute Gasteiger partial charge is 0.382 e. The number of hydrogen-bond donors (Lipinski definition) is 2. The Bertz CT molecular complexity index is 434. The average molecular weight is 277 g/mol. The molecule has 0 fully saturated rings. The van der Waals surface area contributed by atoms with Crippen molar-refractivity contribution < 1.29 is 27.8 Å². The van der Waals surface area contributed by atoms with Crippen molar-refractivity contribution in [2.75, 3.05) is 13.7 Å². The van der Waals surface area contributed by atoms with E-state index in [1.165, 1.54) is 13.2 Å². The van der Waals surface area contributed by atoms with E-state index in [9.17, 15) is 18.0 Å². The summed E-state index contributed by atoms with van der Waals surface area (Å²) in [7, 11) is 1.45. The van der Waals surface area contributed by atoms with Crippen LogP contribution in [0, 0.1) is 0 Å². The molecule has 4 nitrogen and oxygen atoms in total. The van der Waals surface area contributed by atoms with E-state index >= 15 is 0 Å². The zero-order valence-electron chi connectivity index (χ0n) is 10.2. The Balaban J connectivity index is 2.69. The van der Waals surface area contributed by atoms with E-state index in [1.807, 2.05) is 5.32 Å². The Morgan fingerprint density at radius 1 is 1.42 bits per heavy atom. The summed E-state index contributed by atoms with van der Waals surface area (Å²) in [6.07, 6.45) is -7.33. The number of ether oxygens (including phenoxy) is 1. The van der Waals surface area contributed by atoms with Gasteiger partial charge in [0.1, 0.15) is 0 Å². The van der Waals surface area contributed by atoms with Crippen molar-refractivity contribution >= 4 is 5.91 Å².